The standard InChI is InChI=1S/C18H17NO7S/c1-3-4-12-25-13-8-10-14(11-9-13)27(22,23)26-17-15(18(20)19-21)6-5-7-16(17)24-2/h5-11,21H,12H2,1-2H3,(H,19,20). The van der Waals surface area contributed by atoms with Crippen LogP contribution in [-0.2, 0) is 10.1 Å². The van der Waals surface area contributed by atoms with E-state index >= 15 is 0 Å². The van der Waals surface area contributed by atoms with Gasteiger partial charge >= 0.3 is 10.1 Å². The van der Waals surface area contributed by atoms with E-state index in [9.17, 15) is 13.2 Å². The number of nitrogens with one attached hydrogen (secondary N) is 1. The van der Waals surface area contributed by atoms with Crippen molar-refractivity contribution in [1.29, 1.82) is 0 Å². The van der Waals surface area contributed by atoms with Crippen molar-refractivity contribution in [2.75, 3.05) is 13.7 Å². The van der Waals surface area contributed by atoms with Crippen LogP contribution in [0.4, 0.5) is 0 Å². The molecule has 0 unspecified atom stereocenters. The van der Waals surface area contributed by atoms with Gasteiger partial charge in [0.1, 0.15) is 17.3 Å². The van der Waals surface area contributed by atoms with E-state index in [1.165, 1.54) is 55.1 Å². The summed E-state index contributed by atoms with van der Waals surface area (Å²) >= 11 is 0. The normalized spacial score (nSPS) is 10.3. The van der Waals surface area contributed by atoms with Crippen molar-refractivity contribution in [2.45, 2.75) is 11.8 Å². The minimum absolute atomic E-state index is 0.0118. The van der Waals surface area contributed by atoms with Gasteiger partial charge < -0.3 is 13.7 Å². The quantitative estimate of drug-likeness (QED) is 0.321. The molecule has 0 aliphatic rings. The second-order valence-electron chi connectivity index (χ2n) is 5.00. The van der Waals surface area contributed by atoms with Crippen LogP contribution in [0.5, 0.6) is 17.2 Å². The zero-order valence-electron chi connectivity index (χ0n) is 14.6. The van der Waals surface area contributed by atoms with Gasteiger partial charge in [-0.25, -0.2) is 5.48 Å². The monoisotopic (exact) mass is 391 g/mol. The highest BCUT2D eigenvalue weighted by Gasteiger charge is 2.24. The van der Waals surface area contributed by atoms with Crippen LogP contribution in [0.25, 0.3) is 0 Å². The van der Waals surface area contributed by atoms with E-state index in [1.807, 2.05) is 0 Å². The average Bonchev–Trinajstić information content (AvgIpc) is 2.68. The number of carbonyl (C=O) groups excluding carboxylic acids is 1. The van der Waals surface area contributed by atoms with Crippen LogP contribution in [0, 0.1) is 11.8 Å². The van der Waals surface area contributed by atoms with Crippen molar-refractivity contribution >= 4 is 16.0 Å². The Hall–Kier alpha value is -3.22. The van der Waals surface area contributed by atoms with E-state index in [2.05, 4.69) is 11.8 Å². The van der Waals surface area contributed by atoms with E-state index in [-0.39, 0.29) is 28.6 Å². The maximum Gasteiger partial charge on any atom is 0.339 e. The number of carbonyl (C=O) groups is 1. The first-order chi connectivity index (χ1) is 12.9. The maximum absolute atomic E-state index is 12.6. The Labute approximate surface area is 156 Å². The summed E-state index contributed by atoms with van der Waals surface area (Å²) in [7, 11) is -2.98. The molecule has 8 nitrogen and oxygen atoms in total. The smallest absolute Gasteiger partial charge is 0.339 e. The Balaban J connectivity index is 2.33. The highest BCUT2D eigenvalue weighted by Crippen LogP contribution is 2.33. The Bertz CT molecular complexity index is 973. The van der Waals surface area contributed by atoms with Gasteiger partial charge in [0.05, 0.1) is 12.7 Å². The summed E-state index contributed by atoms with van der Waals surface area (Å²) in [5.74, 6) is 4.56. The molecule has 0 spiro atoms. The molecule has 0 saturated carbocycles. The number of amides is 1. The Morgan fingerprint density at radius 2 is 1.89 bits per heavy atom. The van der Waals surface area contributed by atoms with Gasteiger partial charge in [-0.2, -0.15) is 8.42 Å². The van der Waals surface area contributed by atoms with Crippen LogP contribution in [-0.4, -0.2) is 33.2 Å². The minimum atomic E-state index is -4.28. The van der Waals surface area contributed by atoms with Crippen LogP contribution in [0.15, 0.2) is 47.4 Å². The number of para-hydroxylation sites is 1. The van der Waals surface area contributed by atoms with E-state index in [0.29, 0.717) is 5.75 Å². The molecule has 0 saturated heterocycles. The molecule has 2 rings (SSSR count). The maximum atomic E-state index is 12.6. The minimum Gasteiger partial charge on any atom is -0.493 e. The highest BCUT2D eigenvalue weighted by atomic mass is 32.2. The lowest BCUT2D eigenvalue weighted by Gasteiger charge is -2.14. The van der Waals surface area contributed by atoms with Gasteiger partial charge in [0, 0.05) is 0 Å². The molecular formula is C18H17NO7S. The zero-order valence-corrected chi connectivity index (χ0v) is 15.4. The molecule has 0 aromatic heterocycles. The fraction of sp³-hybridized carbons (Fsp3) is 0.167. The second-order valence-corrected chi connectivity index (χ2v) is 6.55. The van der Waals surface area contributed by atoms with Crippen LogP contribution in [0.2, 0.25) is 0 Å². The van der Waals surface area contributed by atoms with Gasteiger partial charge in [-0.3, -0.25) is 10.0 Å². The van der Waals surface area contributed by atoms with E-state index in [0.717, 1.165) is 0 Å². The predicted molar refractivity (Wildman–Crippen MR) is 95.4 cm³/mol. The third-order valence-corrected chi connectivity index (χ3v) is 4.57. The van der Waals surface area contributed by atoms with E-state index in [1.54, 1.807) is 6.92 Å². The van der Waals surface area contributed by atoms with Crippen LogP contribution in [0.3, 0.4) is 0 Å². The highest BCUT2D eigenvalue weighted by molar-refractivity contribution is 7.87. The molecule has 0 atom stereocenters. The molecule has 27 heavy (non-hydrogen) atoms. The molecule has 0 bridgehead atoms. The summed E-state index contributed by atoms with van der Waals surface area (Å²) in [6.07, 6.45) is 0. The topological polar surface area (TPSA) is 111 Å². The Morgan fingerprint density at radius 3 is 2.48 bits per heavy atom. The van der Waals surface area contributed by atoms with Gasteiger partial charge in [0.2, 0.25) is 0 Å². The third kappa shape index (κ3) is 4.91. The molecule has 9 heteroatoms. The molecule has 2 N–H and O–H groups in total. The Kier molecular flexibility index (Phi) is 6.65. The first kappa shape index (κ1) is 20.1. The molecule has 0 fully saturated rings. The molecule has 142 valence electrons. The number of ether oxygens (including phenoxy) is 2. The van der Waals surface area contributed by atoms with E-state index in [4.69, 9.17) is 18.9 Å². The van der Waals surface area contributed by atoms with Crippen molar-refractivity contribution in [3.63, 3.8) is 0 Å². The zero-order chi connectivity index (χ0) is 19.9. The Morgan fingerprint density at radius 1 is 1.19 bits per heavy atom. The second kappa shape index (κ2) is 8.93. The summed E-state index contributed by atoms with van der Waals surface area (Å²) in [6, 6.07) is 9.66. The molecule has 1 amide bonds. The van der Waals surface area contributed by atoms with Gasteiger partial charge in [0.25, 0.3) is 5.91 Å². The van der Waals surface area contributed by atoms with Crippen molar-refractivity contribution in [1.82, 2.24) is 5.48 Å². The number of rotatable bonds is 7. The van der Waals surface area contributed by atoms with Gasteiger partial charge in [0.15, 0.2) is 11.5 Å². The third-order valence-electron chi connectivity index (χ3n) is 3.34. The molecule has 0 aliphatic heterocycles. The molecule has 0 radical (unpaired) electrons. The number of hydroxylamine groups is 1. The van der Waals surface area contributed by atoms with Gasteiger partial charge in [-0.1, -0.05) is 12.0 Å². The van der Waals surface area contributed by atoms with Crippen LogP contribution in [0.1, 0.15) is 17.3 Å². The molecule has 2 aromatic carbocycles. The first-order valence-corrected chi connectivity index (χ1v) is 9.02. The summed E-state index contributed by atoms with van der Waals surface area (Å²) in [4.78, 5) is 11.6. The first-order valence-electron chi connectivity index (χ1n) is 7.61. The van der Waals surface area contributed by atoms with Crippen LogP contribution >= 0.6 is 0 Å². The number of hydrogen-bond donors (Lipinski definition) is 2. The number of methoxy groups -OCH3 is 1. The summed E-state index contributed by atoms with van der Waals surface area (Å²) in [5, 5.41) is 8.84. The van der Waals surface area contributed by atoms with Crippen molar-refractivity contribution < 1.29 is 32.1 Å². The molecule has 2 aromatic rings. The van der Waals surface area contributed by atoms with Crippen molar-refractivity contribution in [3.8, 4) is 29.1 Å². The molecular weight excluding hydrogens is 374 g/mol. The SMILES string of the molecule is CC#CCOc1ccc(S(=O)(=O)Oc2c(OC)cccc2C(=O)NO)cc1. The van der Waals surface area contributed by atoms with Gasteiger partial charge in [-0.05, 0) is 43.3 Å². The lowest BCUT2D eigenvalue weighted by atomic mass is 10.2. The lowest BCUT2D eigenvalue weighted by molar-refractivity contribution is 0.0704. The number of benzene rings is 2. The lowest BCUT2D eigenvalue weighted by Crippen LogP contribution is -2.21. The van der Waals surface area contributed by atoms with Crippen molar-refractivity contribution in [2.24, 2.45) is 0 Å². The fourth-order valence-electron chi connectivity index (χ4n) is 2.05. The van der Waals surface area contributed by atoms with Crippen molar-refractivity contribution in [3.05, 3.63) is 48.0 Å². The predicted octanol–water partition coefficient (Wildman–Crippen LogP) is 1.98. The molecule has 0 aliphatic carbocycles. The summed E-state index contributed by atoms with van der Waals surface area (Å²) in [6.45, 7) is 1.86. The largest absolute Gasteiger partial charge is 0.493 e. The summed E-state index contributed by atoms with van der Waals surface area (Å²) < 4.78 is 40.6. The molecule has 0 heterocycles. The average molecular weight is 391 g/mol. The fourth-order valence-corrected chi connectivity index (χ4v) is 3.01. The summed E-state index contributed by atoms with van der Waals surface area (Å²) in [5.41, 5.74) is 1.22. The van der Waals surface area contributed by atoms with Gasteiger partial charge in [-0.15, -0.1) is 5.92 Å². The van der Waals surface area contributed by atoms with E-state index < -0.39 is 16.0 Å². The van der Waals surface area contributed by atoms with Crippen LogP contribution < -0.4 is 19.1 Å². The number of hydrogen-bond acceptors (Lipinski definition) is 7.